The molecule has 1 aliphatic rings. The monoisotopic (exact) mass is 452 g/mol. The molecule has 0 radical (unpaired) electrons. The second-order valence-electron chi connectivity index (χ2n) is 9.31. The number of hydrogen-bond acceptors (Lipinski definition) is 4. The number of thioether (sulfide) groups is 1. The minimum Gasteiger partial charge on any atom is -0.309 e. The Morgan fingerprint density at radius 2 is 1.78 bits per heavy atom. The zero-order chi connectivity index (χ0) is 22.7. The molecule has 0 unspecified atom stereocenters. The van der Waals surface area contributed by atoms with Crippen molar-refractivity contribution in [2.45, 2.75) is 96.2 Å². The van der Waals surface area contributed by atoms with Crippen LogP contribution in [-0.2, 0) is 18.4 Å². The van der Waals surface area contributed by atoms with Crippen LogP contribution in [0.4, 0.5) is 0 Å². The van der Waals surface area contributed by atoms with Crippen molar-refractivity contribution in [2.24, 2.45) is 0 Å². The lowest BCUT2D eigenvalue weighted by molar-refractivity contribution is 0.433. The minimum atomic E-state index is -0.199. The number of fused-ring (bicyclic) bond motifs is 4. The van der Waals surface area contributed by atoms with E-state index in [0.717, 1.165) is 67.2 Å². The number of hydrogen-bond donors (Lipinski definition) is 0. The number of aromatic nitrogens is 4. The van der Waals surface area contributed by atoms with Gasteiger partial charge in [-0.2, -0.15) is 0 Å². The Morgan fingerprint density at radius 3 is 2.53 bits per heavy atom. The molecule has 1 atom stereocenters. The second kappa shape index (κ2) is 9.82. The highest BCUT2D eigenvalue weighted by atomic mass is 32.2. The van der Waals surface area contributed by atoms with Crippen molar-refractivity contribution in [3.63, 3.8) is 0 Å². The summed E-state index contributed by atoms with van der Waals surface area (Å²) in [5.41, 5.74) is 4.40. The first kappa shape index (κ1) is 23.1. The molecule has 4 rings (SSSR count). The van der Waals surface area contributed by atoms with Gasteiger partial charge in [0, 0.05) is 28.8 Å². The van der Waals surface area contributed by atoms with Gasteiger partial charge in [-0.05, 0) is 31.2 Å². The SMILES string of the molecule is CCCCCSc1nnc2n(CCCCC)c3c(c(=O)n12)[C@@](C)(CC)Cc1ccccc1-3. The van der Waals surface area contributed by atoms with Gasteiger partial charge in [-0.3, -0.25) is 4.79 Å². The van der Waals surface area contributed by atoms with E-state index in [2.05, 4.69) is 66.7 Å². The zero-order valence-corrected chi connectivity index (χ0v) is 20.8. The van der Waals surface area contributed by atoms with Gasteiger partial charge in [0.05, 0.1) is 5.69 Å². The molecular formula is C26H36N4OS. The van der Waals surface area contributed by atoms with Gasteiger partial charge in [0.15, 0.2) is 5.16 Å². The predicted octanol–water partition coefficient (Wildman–Crippen LogP) is 6.25. The molecule has 6 heteroatoms. The quantitative estimate of drug-likeness (QED) is 0.269. The Hall–Kier alpha value is -2.08. The van der Waals surface area contributed by atoms with Gasteiger partial charge in [-0.15, -0.1) is 10.2 Å². The Balaban J connectivity index is 1.96. The molecule has 0 fully saturated rings. The summed E-state index contributed by atoms with van der Waals surface area (Å²) in [6.07, 6.45) is 8.72. The first-order valence-corrected chi connectivity index (χ1v) is 13.3. The Morgan fingerprint density at radius 1 is 1.03 bits per heavy atom. The molecule has 2 aromatic heterocycles. The number of nitrogens with zero attached hydrogens (tertiary/aromatic N) is 4. The van der Waals surface area contributed by atoms with Crippen LogP contribution in [0, 0.1) is 0 Å². The first-order chi connectivity index (χ1) is 15.6. The summed E-state index contributed by atoms with van der Waals surface area (Å²) in [5.74, 6) is 1.66. The van der Waals surface area contributed by atoms with E-state index >= 15 is 0 Å². The minimum absolute atomic E-state index is 0.0728. The molecule has 5 nitrogen and oxygen atoms in total. The van der Waals surface area contributed by atoms with Gasteiger partial charge in [0.1, 0.15) is 0 Å². The number of unbranched alkanes of at least 4 members (excludes halogenated alkanes) is 4. The summed E-state index contributed by atoms with van der Waals surface area (Å²) in [7, 11) is 0. The molecule has 172 valence electrons. The third kappa shape index (κ3) is 4.02. The van der Waals surface area contributed by atoms with Crippen LogP contribution >= 0.6 is 11.8 Å². The van der Waals surface area contributed by atoms with Crippen LogP contribution in [0.3, 0.4) is 0 Å². The van der Waals surface area contributed by atoms with E-state index in [1.54, 1.807) is 11.8 Å². The van der Waals surface area contributed by atoms with E-state index in [9.17, 15) is 4.79 Å². The van der Waals surface area contributed by atoms with Crippen LogP contribution in [0.2, 0.25) is 0 Å². The molecule has 0 amide bonds. The lowest BCUT2D eigenvalue weighted by atomic mass is 9.69. The molecule has 0 spiro atoms. The highest BCUT2D eigenvalue weighted by molar-refractivity contribution is 7.99. The van der Waals surface area contributed by atoms with Gasteiger partial charge in [-0.1, -0.05) is 89.4 Å². The smallest absolute Gasteiger partial charge is 0.265 e. The van der Waals surface area contributed by atoms with Crippen molar-refractivity contribution in [1.82, 2.24) is 19.2 Å². The van der Waals surface area contributed by atoms with Crippen LogP contribution in [0.25, 0.3) is 17.0 Å². The molecule has 0 saturated heterocycles. The lowest BCUT2D eigenvalue weighted by Crippen LogP contribution is -2.39. The number of benzene rings is 1. The van der Waals surface area contributed by atoms with Crippen molar-refractivity contribution in [2.75, 3.05) is 5.75 Å². The van der Waals surface area contributed by atoms with Gasteiger partial charge in [-0.25, -0.2) is 4.40 Å². The molecule has 1 aliphatic carbocycles. The van der Waals surface area contributed by atoms with Crippen molar-refractivity contribution in [1.29, 1.82) is 0 Å². The maximum atomic E-state index is 14.1. The molecule has 2 heterocycles. The van der Waals surface area contributed by atoms with E-state index < -0.39 is 0 Å². The first-order valence-electron chi connectivity index (χ1n) is 12.3. The summed E-state index contributed by atoms with van der Waals surface area (Å²) in [5, 5.41) is 9.81. The number of aryl methyl sites for hydroxylation is 1. The average Bonchev–Trinajstić information content (AvgIpc) is 3.23. The average molecular weight is 453 g/mol. The largest absolute Gasteiger partial charge is 0.309 e. The van der Waals surface area contributed by atoms with Crippen LogP contribution in [0.1, 0.15) is 83.8 Å². The summed E-state index contributed by atoms with van der Waals surface area (Å²) >= 11 is 1.67. The highest BCUT2D eigenvalue weighted by Crippen LogP contribution is 2.44. The van der Waals surface area contributed by atoms with Crippen LogP contribution in [0.15, 0.2) is 34.2 Å². The summed E-state index contributed by atoms with van der Waals surface area (Å²) in [6, 6.07) is 8.59. The van der Waals surface area contributed by atoms with Crippen molar-refractivity contribution < 1.29 is 0 Å². The predicted molar refractivity (Wildman–Crippen MR) is 134 cm³/mol. The maximum absolute atomic E-state index is 14.1. The van der Waals surface area contributed by atoms with Crippen LogP contribution in [0.5, 0.6) is 0 Å². The Bertz CT molecular complexity index is 1150. The molecule has 0 N–H and O–H groups in total. The molecule has 0 saturated carbocycles. The maximum Gasteiger partial charge on any atom is 0.265 e. The summed E-state index contributed by atoms with van der Waals surface area (Å²) in [6.45, 7) is 9.75. The number of rotatable bonds is 10. The standard InChI is InChI=1S/C26H36N4OS/c1-5-8-12-16-29-22-20-15-11-10-14-19(20)18-26(4,7-3)21(22)23(31)30-24(29)27-28-25(30)32-17-13-9-6-2/h10-11,14-15H,5-9,12-13,16-18H2,1-4H3/t26-/m0/s1. The highest BCUT2D eigenvalue weighted by Gasteiger charge is 2.39. The third-order valence-corrected chi connectivity index (χ3v) is 8.00. The van der Waals surface area contributed by atoms with Gasteiger partial charge in [0.2, 0.25) is 5.78 Å². The van der Waals surface area contributed by atoms with Crippen molar-refractivity contribution in [3.05, 3.63) is 45.7 Å². The molecule has 0 bridgehead atoms. The topological polar surface area (TPSA) is 52.2 Å². The van der Waals surface area contributed by atoms with E-state index in [1.165, 1.54) is 24.0 Å². The van der Waals surface area contributed by atoms with E-state index in [1.807, 2.05) is 4.40 Å². The molecular weight excluding hydrogens is 416 g/mol. The van der Waals surface area contributed by atoms with Crippen LogP contribution in [-0.4, -0.2) is 24.9 Å². The fourth-order valence-electron chi connectivity index (χ4n) is 4.94. The fourth-order valence-corrected chi connectivity index (χ4v) is 5.87. The molecule has 1 aromatic carbocycles. The van der Waals surface area contributed by atoms with Gasteiger partial charge < -0.3 is 4.57 Å². The van der Waals surface area contributed by atoms with E-state index in [-0.39, 0.29) is 11.0 Å². The van der Waals surface area contributed by atoms with Crippen molar-refractivity contribution in [3.8, 4) is 11.3 Å². The molecule has 3 aromatic rings. The fraction of sp³-hybridized carbons (Fsp3) is 0.577. The van der Waals surface area contributed by atoms with Crippen LogP contribution < -0.4 is 5.56 Å². The molecule has 32 heavy (non-hydrogen) atoms. The normalized spacial score (nSPS) is 17.5. The zero-order valence-electron chi connectivity index (χ0n) is 20.0. The second-order valence-corrected chi connectivity index (χ2v) is 10.4. The summed E-state index contributed by atoms with van der Waals surface area (Å²) in [4.78, 5) is 14.1. The van der Waals surface area contributed by atoms with E-state index in [0.29, 0.717) is 5.78 Å². The Labute approximate surface area is 195 Å². The summed E-state index contributed by atoms with van der Waals surface area (Å²) < 4.78 is 4.10. The van der Waals surface area contributed by atoms with Crippen molar-refractivity contribution >= 4 is 17.5 Å². The van der Waals surface area contributed by atoms with Gasteiger partial charge >= 0.3 is 0 Å². The third-order valence-electron chi connectivity index (χ3n) is 6.98. The molecule has 0 aliphatic heterocycles. The Kier molecular flexibility index (Phi) is 7.08. The van der Waals surface area contributed by atoms with Gasteiger partial charge in [0.25, 0.3) is 5.56 Å². The lowest BCUT2D eigenvalue weighted by Gasteiger charge is -2.37. The van der Waals surface area contributed by atoms with E-state index in [4.69, 9.17) is 0 Å².